The van der Waals surface area contributed by atoms with Crippen LogP contribution in [0, 0.1) is 11.3 Å². The van der Waals surface area contributed by atoms with Crippen LogP contribution in [0.2, 0.25) is 0 Å². The number of aromatic amines is 1. The molecule has 1 rings (SSSR count). The van der Waals surface area contributed by atoms with Crippen molar-refractivity contribution >= 4 is 5.97 Å². The second-order valence-electron chi connectivity index (χ2n) is 2.94. The van der Waals surface area contributed by atoms with Crippen LogP contribution in [0.4, 0.5) is 8.78 Å². The largest absolute Gasteiger partial charge is 0.481 e. The monoisotopic (exact) mass is 228 g/mol. The molecule has 0 atom stereocenters. The van der Waals surface area contributed by atoms with E-state index in [0.717, 1.165) is 6.07 Å². The number of carbonyl (C=O) groups is 1. The third-order valence-corrected chi connectivity index (χ3v) is 1.82. The molecule has 5 nitrogen and oxygen atoms in total. The van der Waals surface area contributed by atoms with E-state index in [1.54, 1.807) is 0 Å². The van der Waals surface area contributed by atoms with Gasteiger partial charge in [0, 0.05) is 0 Å². The zero-order chi connectivity index (χ0) is 12.3. The summed E-state index contributed by atoms with van der Waals surface area (Å²) in [7, 11) is 0. The Morgan fingerprint density at radius 2 is 2.25 bits per heavy atom. The molecule has 1 aromatic heterocycles. The van der Waals surface area contributed by atoms with Crippen LogP contribution in [0.3, 0.4) is 0 Å². The van der Waals surface area contributed by atoms with Crippen molar-refractivity contribution in [2.24, 2.45) is 0 Å². The van der Waals surface area contributed by atoms with E-state index >= 15 is 0 Å². The smallest absolute Gasteiger partial charge is 0.307 e. The van der Waals surface area contributed by atoms with E-state index in [0.29, 0.717) is 0 Å². The normalized spacial score (nSPS) is 10.1. The van der Waals surface area contributed by atoms with Crippen molar-refractivity contribution in [3.63, 3.8) is 0 Å². The van der Waals surface area contributed by atoms with Gasteiger partial charge in [0.1, 0.15) is 11.6 Å². The fraction of sp³-hybridized carbons (Fsp3) is 0.222. The van der Waals surface area contributed by atoms with Crippen molar-refractivity contribution in [3.8, 4) is 6.07 Å². The van der Waals surface area contributed by atoms with E-state index in [2.05, 4.69) is 0 Å². The Morgan fingerprint density at radius 1 is 1.62 bits per heavy atom. The average Bonchev–Trinajstić information content (AvgIpc) is 2.16. The summed E-state index contributed by atoms with van der Waals surface area (Å²) >= 11 is 0. The van der Waals surface area contributed by atoms with Gasteiger partial charge in [-0.15, -0.1) is 0 Å². The van der Waals surface area contributed by atoms with Crippen LogP contribution < -0.4 is 5.56 Å². The number of nitriles is 1. The Labute approximate surface area is 88.0 Å². The first kappa shape index (κ1) is 11.8. The number of alkyl halides is 2. The highest BCUT2D eigenvalue weighted by Gasteiger charge is 2.16. The molecular formula is C9H6F2N2O3. The van der Waals surface area contributed by atoms with Crippen LogP contribution in [0.5, 0.6) is 0 Å². The summed E-state index contributed by atoms with van der Waals surface area (Å²) < 4.78 is 24.6. The highest BCUT2D eigenvalue weighted by Crippen LogP contribution is 2.17. The number of aliphatic carboxylic acids is 1. The predicted octanol–water partition coefficient (Wildman–Crippen LogP) is 0.811. The summed E-state index contributed by atoms with van der Waals surface area (Å²) in [5.74, 6) is -1.30. The lowest BCUT2D eigenvalue weighted by Gasteiger charge is -2.04. The van der Waals surface area contributed by atoms with E-state index in [1.807, 2.05) is 4.98 Å². The predicted molar refractivity (Wildman–Crippen MR) is 48.1 cm³/mol. The first-order valence-electron chi connectivity index (χ1n) is 4.12. The number of aromatic nitrogens is 1. The van der Waals surface area contributed by atoms with Crippen LogP contribution >= 0.6 is 0 Å². The summed E-state index contributed by atoms with van der Waals surface area (Å²) in [6.07, 6.45) is -3.57. The molecular weight excluding hydrogens is 222 g/mol. The number of hydrogen-bond donors (Lipinski definition) is 2. The first-order valence-corrected chi connectivity index (χ1v) is 4.12. The van der Waals surface area contributed by atoms with E-state index in [-0.39, 0.29) is 5.56 Å². The number of carboxylic acids is 1. The third kappa shape index (κ3) is 2.42. The molecule has 0 fully saturated rings. The third-order valence-electron chi connectivity index (χ3n) is 1.82. The first-order chi connectivity index (χ1) is 7.45. The van der Waals surface area contributed by atoms with Gasteiger partial charge in [0.05, 0.1) is 12.1 Å². The number of hydrogen-bond acceptors (Lipinski definition) is 3. The summed E-state index contributed by atoms with van der Waals surface area (Å²) in [6, 6.07) is 2.30. The molecule has 16 heavy (non-hydrogen) atoms. The van der Waals surface area contributed by atoms with Gasteiger partial charge in [0.2, 0.25) is 0 Å². The minimum absolute atomic E-state index is 0.214. The van der Waals surface area contributed by atoms with Crippen LogP contribution in [0.15, 0.2) is 10.9 Å². The number of H-pyrrole nitrogens is 1. The topological polar surface area (TPSA) is 93.9 Å². The van der Waals surface area contributed by atoms with E-state index in [4.69, 9.17) is 10.4 Å². The Balaban J connectivity index is 3.38. The van der Waals surface area contributed by atoms with Crippen molar-refractivity contribution in [3.05, 3.63) is 33.2 Å². The van der Waals surface area contributed by atoms with Gasteiger partial charge in [0.15, 0.2) is 0 Å². The molecule has 0 radical (unpaired) electrons. The summed E-state index contributed by atoms with van der Waals surface area (Å²) in [4.78, 5) is 23.4. The lowest BCUT2D eigenvalue weighted by atomic mass is 10.1. The van der Waals surface area contributed by atoms with E-state index < -0.39 is 35.6 Å². The Kier molecular flexibility index (Phi) is 3.35. The van der Waals surface area contributed by atoms with E-state index in [1.165, 1.54) is 6.07 Å². The second kappa shape index (κ2) is 4.53. The summed E-state index contributed by atoms with van der Waals surface area (Å²) in [6.45, 7) is 0. The Hall–Kier alpha value is -2.23. The molecule has 2 N–H and O–H groups in total. The van der Waals surface area contributed by atoms with Crippen molar-refractivity contribution < 1.29 is 18.7 Å². The molecule has 1 aromatic rings. The molecule has 1 heterocycles. The van der Waals surface area contributed by atoms with Gasteiger partial charge in [0.25, 0.3) is 12.0 Å². The van der Waals surface area contributed by atoms with Crippen molar-refractivity contribution in [1.29, 1.82) is 5.26 Å². The summed E-state index contributed by atoms with van der Waals surface area (Å²) in [5, 5.41) is 17.1. The van der Waals surface area contributed by atoms with Gasteiger partial charge in [-0.3, -0.25) is 9.59 Å². The van der Waals surface area contributed by atoms with Gasteiger partial charge in [-0.1, -0.05) is 0 Å². The number of carboxylic acid groups (broad SMARTS) is 1. The summed E-state index contributed by atoms with van der Waals surface area (Å²) in [5.41, 5.74) is -2.36. The lowest BCUT2D eigenvalue weighted by molar-refractivity contribution is -0.136. The van der Waals surface area contributed by atoms with Crippen molar-refractivity contribution in [2.75, 3.05) is 0 Å². The van der Waals surface area contributed by atoms with Crippen LogP contribution in [0.25, 0.3) is 0 Å². The highest BCUT2D eigenvalue weighted by atomic mass is 19.3. The molecule has 0 aliphatic heterocycles. The molecule has 0 bridgehead atoms. The van der Waals surface area contributed by atoms with Crippen LogP contribution in [0.1, 0.15) is 23.2 Å². The number of nitrogens with one attached hydrogen (secondary N) is 1. The molecule has 84 valence electrons. The van der Waals surface area contributed by atoms with Gasteiger partial charge in [-0.25, -0.2) is 8.78 Å². The number of halogens is 2. The molecule has 0 amide bonds. The fourth-order valence-corrected chi connectivity index (χ4v) is 1.18. The Bertz CT molecular complexity index is 516. The molecule has 0 spiro atoms. The van der Waals surface area contributed by atoms with Gasteiger partial charge >= 0.3 is 5.97 Å². The van der Waals surface area contributed by atoms with Crippen LogP contribution in [-0.2, 0) is 11.2 Å². The molecule has 0 aliphatic rings. The molecule has 0 aromatic carbocycles. The van der Waals surface area contributed by atoms with Crippen LogP contribution in [-0.4, -0.2) is 16.1 Å². The maximum atomic E-state index is 12.3. The second-order valence-corrected chi connectivity index (χ2v) is 2.94. The van der Waals surface area contributed by atoms with Gasteiger partial charge in [-0.2, -0.15) is 5.26 Å². The maximum Gasteiger partial charge on any atom is 0.307 e. The minimum Gasteiger partial charge on any atom is -0.481 e. The lowest BCUT2D eigenvalue weighted by Crippen LogP contribution is -2.17. The average molecular weight is 228 g/mol. The quantitative estimate of drug-likeness (QED) is 0.800. The zero-order valence-corrected chi connectivity index (χ0v) is 7.83. The molecule has 0 unspecified atom stereocenters. The number of pyridine rings is 1. The van der Waals surface area contributed by atoms with Crippen molar-refractivity contribution in [1.82, 2.24) is 4.98 Å². The van der Waals surface area contributed by atoms with Gasteiger partial charge < -0.3 is 10.1 Å². The number of rotatable bonds is 3. The molecule has 7 heteroatoms. The molecule has 0 saturated heterocycles. The standard InChI is InChI=1S/C9H6F2N2O3/c10-8(11)6-1-4(2-7(14)15)5(3-12)9(16)13-6/h1,8H,2H2,(H,13,16)(H,14,15). The van der Waals surface area contributed by atoms with Crippen molar-refractivity contribution in [2.45, 2.75) is 12.8 Å². The zero-order valence-electron chi connectivity index (χ0n) is 7.83. The van der Waals surface area contributed by atoms with Gasteiger partial charge in [-0.05, 0) is 11.6 Å². The van der Waals surface area contributed by atoms with E-state index in [9.17, 15) is 18.4 Å². The maximum absolute atomic E-state index is 12.3. The SMILES string of the molecule is N#Cc1c(CC(=O)O)cc(C(F)F)[nH]c1=O. The highest BCUT2D eigenvalue weighted by molar-refractivity contribution is 5.71. The fourth-order valence-electron chi connectivity index (χ4n) is 1.18. The minimum atomic E-state index is -2.92. The molecule has 0 aliphatic carbocycles. The Morgan fingerprint density at radius 3 is 2.69 bits per heavy atom. The number of nitrogens with zero attached hydrogens (tertiary/aromatic N) is 1. The molecule has 0 saturated carbocycles.